The fourth-order valence-electron chi connectivity index (χ4n) is 2.55. The fraction of sp³-hybridized carbons (Fsp3) is 0.143. The van der Waals surface area contributed by atoms with E-state index < -0.39 is 0 Å². The lowest BCUT2D eigenvalue weighted by Crippen LogP contribution is -1.97. The summed E-state index contributed by atoms with van der Waals surface area (Å²) in [5, 5.41) is 0.203. The summed E-state index contributed by atoms with van der Waals surface area (Å²) in [4.78, 5) is 1.20. The summed E-state index contributed by atoms with van der Waals surface area (Å²) in [6.45, 7) is 0. The van der Waals surface area contributed by atoms with Crippen molar-refractivity contribution in [1.82, 2.24) is 0 Å². The molecule has 0 aromatic heterocycles. The average Bonchev–Trinajstić information content (AvgIpc) is 2.67. The monoisotopic (exact) mass is 336 g/mol. The molecule has 0 fully saturated rings. The molecule has 3 rings (SSSR count). The maximum absolute atomic E-state index is 5.40. The zero-order chi connectivity index (χ0) is 16.8. The van der Waals surface area contributed by atoms with Crippen molar-refractivity contribution >= 4 is 11.8 Å². The first-order valence-electron chi connectivity index (χ1n) is 7.80. The Labute approximate surface area is 147 Å². The summed E-state index contributed by atoms with van der Waals surface area (Å²) in [6, 6.07) is 27.0. The Kier molecular flexibility index (Phi) is 5.44. The molecular weight excluding hydrogens is 316 g/mol. The van der Waals surface area contributed by atoms with E-state index in [-0.39, 0.29) is 5.25 Å². The van der Waals surface area contributed by atoms with E-state index in [1.54, 1.807) is 14.2 Å². The van der Waals surface area contributed by atoms with Gasteiger partial charge in [-0.25, -0.2) is 0 Å². The van der Waals surface area contributed by atoms with E-state index in [9.17, 15) is 0 Å². The second-order valence-corrected chi connectivity index (χ2v) is 6.54. The molecule has 0 saturated carbocycles. The number of hydrogen-bond donors (Lipinski definition) is 0. The fourth-order valence-corrected chi connectivity index (χ4v) is 3.69. The highest BCUT2D eigenvalue weighted by Gasteiger charge is 2.16. The minimum absolute atomic E-state index is 0.203. The van der Waals surface area contributed by atoms with Crippen LogP contribution >= 0.6 is 11.8 Å². The predicted molar refractivity (Wildman–Crippen MR) is 100 cm³/mol. The Morgan fingerprint density at radius 2 is 1.33 bits per heavy atom. The van der Waals surface area contributed by atoms with Gasteiger partial charge in [0.15, 0.2) is 0 Å². The third-order valence-electron chi connectivity index (χ3n) is 3.81. The maximum atomic E-state index is 5.40. The van der Waals surface area contributed by atoms with Gasteiger partial charge in [0.1, 0.15) is 11.5 Å². The minimum Gasteiger partial charge on any atom is -0.497 e. The number of rotatable bonds is 6. The van der Waals surface area contributed by atoms with Crippen LogP contribution < -0.4 is 9.47 Å². The first-order chi connectivity index (χ1) is 11.8. The van der Waals surface area contributed by atoms with E-state index in [2.05, 4.69) is 48.5 Å². The molecule has 0 radical (unpaired) electrons. The molecule has 0 spiro atoms. The summed E-state index contributed by atoms with van der Waals surface area (Å²) >= 11 is 1.82. The maximum Gasteiger partial charge on any atom is 0.119 e. The second kappa shape index (κ2) is 7.93. The number of ether oxygens (including phenoxy) is 2. The van der Waals surface area contributed by atoms with Gasteiger partial charge in [-0.1, -0.05) is 42.5 Å². The third kappa shape index (κ3) is 3.92. The van der Waals surface area contributed by atoms with Gasteiger partial charge in [-0.15, -0.1) is 11.8 Å². The molecule has 0 saturated heterocycles. The van der Waals surface area contributed by atoms with Gasteiger partial charge in [-0.2, -0.15) is 0 Å². The topological polar surface area (TPSA) is 18.5 Å². The molecule has 3 aromatic carbocycles. The highest BCUT2D eigenvalue weighted by Crippen LogP contribution is 2.41. The SMILES string of the molecule is COc1ccc(SC(c2ccccc2)c2cccc(OC)c2)cc1. The Morgan fingerprint density at radius 1 is 0.667 bits per heavy atom. The van der Waals surface area contributed by atoms with Gasteiger partial charge in [-0.3, -0.25) is 0 Å². The summed E-state index contributed by atoms with van der Waals surface area (Å²) in [5.41, 5.74) is 2.49. The smallest absolute Gasteiger partial charge is 0.119 e. The highest BCUT2D eigenvalue weighted by molar-refractivity contribution is 7.99. The number of methoxy groups -OCH3 is 2. The van der Waals surface area contributed by atoms with Gasteiger partial charge in [0.2, 0.25) is 0 Å². The highest BCUT2D eigenvalue weighted by atomic mass is 32.2. The molecule has 2 nitrogen and oxygen atoms in total. The zero-order valence-corrected chi connectivity index (χ0v) is 14.6. The molecule has 0 aliphatic carbocycles. The summed E-state index contributed by atoms with van der Waals surface area (Å²) in [6.07, 6.45) is 0. The first kappa shape index (κ1) is 16.5. The standard InChI is InChI=1S/C21H20O2S/c1-22-18-11-13-20(14-12-18)24-21(16-7-4-3-5-8-16)17-9-6-10-19(15-17)23-2/h3-15,21H,1-2H3. The van der Waals surface area contributed by atoms with Gasteiger partial charge in [-0.05, 0) is 47.5 Å². The quantitative estimate of drug-likeness (QED) is 0.547. The number of hydrogen-bond acceptors (Lipinski definition) is 3. The molecule has 24 heavy (non-hydrogen) atoms. The van der Waals surface area contributed by atoms with Crippen LogP contribution in [0.4, 0.5) is 0 Å². The molecule has 0 bridgehead atoms. The van der Waals surface area contributed by atoms with Crippen LogP contribution in [-0.2, 0) is 0 Å². The molecule has 0 aliphatic heterocycles. The van der Waals surface area contributed by atoms with Gasteiger partial charge < -0.3 is 9.47 Å². The Hall–Kier alpha value is -2.39. The van der Waals surface area contributed by atoms with Crippen LogP contribution in [0.5, 0.6) is 11.5 Å². The molecule has 0 amide bonds. The van der Waals surface area contributed by atoms with Crippen LogP contribution in [0.2, 0.25) is 0 Å². The molecule has 3 aromatic rings. The zero-order valence-electron chi connectivity index (χ0n) is 13.8. The van der Waals surface area contributed by atoms with Gasteiger partial charge in [0.05, 0.1) is 19.5 Å². The van der Waals surface area contributed by atoms with Crippen molar-refractivity contribution in [2.45, 2.75) is 10.1 Å². The van der Waals surface area contributed by atoms with E-state index >= 15 is 0 Å². The van der Waals surface area contributed by atoms with Crippen molar-refractivity contribution in [3.63, 3.8) is 0 Å². The second-order valence-electron chi connectivity index (χ2n) is 5.36. The van der Waals surface area contributed by atoms with Crippen LogP contribution in [0, 0.1) is 0 Å². The molecule has 0 N–H and O–H groups in total. The van der Waals surface area contributed by atoms with Crippen molar-refractivity contribution < 1.29 is 9.47 Å². The van der Waals surface area contributed by atoms with Crippen LogP contribution in [0.1, 0.15) is 16.4 Å². The molecule has 0 aliphatic rings. The largest absolute Gasteiger partial charge is 0.497 e. The Balaban J connectivity index is 1.95. The van der Waals surface area contributed by atoms with Crippen LogP contribution in [0.3, 0.4) is 0 Å². The van der Waals surface area contributed by atoms with Crippen molar-refractivity contribution in [2.75, 3.05) is 14.2 Å². The molecule has 1 atom stereocenters. The normalized spacial score (nSPS) is 11.8. The lowest BCUT2D eigenvalue weighted by Gasteiger charge is -2.18. The van der Waals surface area contributed by atoms with Crippen LogP contribution in [0.25, 0.3) is 0 Å². The summed E-state index contributed by atoms with van der Waals surface area (Å²) < 4.78 is 10.6. The first-order valence-corrected chi connectivity index (χ1v) is 8.67. The minimum atomic E-state index is 0.203. The molecule has 3 heteroatoms. The number of thioether (sulfide) groups is 1. The van der Waals surface area contributed by atoms with Crippen LogP contribution in [0.15, 0.2) is 83.8 Å². The van der Waals surface area contributed by atoms with Crippen molar-refractivity contribution in [2.24, 2.45) is 0 Å². The number of benzene rings is 3. The van der Waals surface area contributed by atoms with E-state index in [0.29, 0.717) is 0 Å². The van der Waals surface area contributed by atoms with Gasteiger partial charge in [0, 0.05) is 4.90 Å². The van der Waals surface area contributed by atoms with E-state index in [1.165, 1.54) is 16.0 Å². The van der Waals surface area contributed by atoms with Crippen molar-refractivity contribution in [1.29, 1.82) is 0 Å². The van der Waals surface area contributed by atoms with E-state index in [4.69, 9.17) is 9.47 Å². The Bertz CT molecular complexity index is 769. The molecular formula is C21H20O2S. The summed E-state index contributed by atoms with van der Waals surface area (Å²) in [5.74, 6) is 1.75. The lowest BCUT2D eigenvalue weighted by atomic mass is 10.0. The van der Waals surface area contributed by atoms with E-state index in [1.807, 2.05) is 42.1 Å². The van der Waals surface area contributed by atoms with Crippen molar-refractivity contribution in [3.05, 3.63) is 90.0 Å². The third-order valence-corrected chi connectivity index (χ3v) is 5.14. The average molecular weight is 336 g/mol. The van der Waals surface area contributed by atoms with Gasteiger partial charge >= 0.3 is 0 Å². The van der Waals surface area contributed by atoms with Gasteiger partial charge in [0.25, 0.3) is 0 Å². The van der Waals surface area contributed by atoms with Crippen LogP contribution in [-0.4, -0.2) is 14.2 Å². The summed E-state index contributed by atoms with van der Waals surface area (Å²) in [7, 11) is 3.39. The molecule has 1 unspecified atom stereocenters. The van der Waals surface area contributed by atoms with E-state index in [0.717, 1.165) is 11.5 Å². The van der Waals surface area contributed by atoms with Crippen molar-refractivity contribution in [3.8, 4) is 11.5 Å². The molecule has 0 heterocycles. The molecule has 122 valence electrons. The Morgan fingerprint density at radius 3 is 2.00 bits per heavy atom. The predicted octanol–water partition coefficient (Wildman–Crippen LogP) is 5.59. The lowest BCUT2D eigenvalue weighted by molar-refractivity contribution is 0.414.